The monoisotopic (exact) mass is 327 g/mol. The third-order valence-corrected chi connectivity index (χ3v) is 10.9. The van der Waals surface area contributed by atoms with E-state index in [1.807, 2.05) is 0 Å². The quantitative estimate of drug-likeness (QED) is 0.581. The van der Waals surface area contributed by atoms with Crippen molar-refractivity contribution in [2.75, 3.05) is 0 Å². The topological polar surface area (TPSA) is 21.3 Å². The molecule has 0 aliphatic carbocycles. The lowest BCUT2D eigenvalue weighted by molar-refractivity contribution is 0.138. The van der Waals surface area contributed by atoms with E-state index in [0.29, 0.717) is 0 Å². The Bertz CT molecular complexity index is 402. The van der Waals surface area contributed by atoms with Crippen LogP contribution in [0.15, 0.2) is 12.3 Å². The lowest BCUT2D eigenvalue weighted by atomic mass is 10.1. The summed E-state index contributed by atoms with van der Waals surface area (Å²) in [5, 5.41) is 0. The molecule has 0 spiro atoms. The summed E-state index contributed by atoms with van der Waals surface area (Å²) >= 11 is 0. The minimum Gasteiger partial charge on any atom is -0.402 e. The maximum absolute atomic E-state index is 6.28. The molecule has 0 amide bonds. The summed E-state index contributed by atoms with van der Waals surface area (Å²) in [5.74, 6) is 3.44. The predicted octanol–water partition coefficient (Wildman–Crippen LogP) is 4.27. The smallest absolute Gasteiger partial charge is 0.195 e. The Kier molecular flexibility index (Phi) is 6.71. The van der Waals surface area contributed by atoms with E-state index in [-0.39, 0.29) is 5.60 Å². The molecule has 0 aliphatic heterocycles. The van der Waals surface area contributed by atoms with Crippen LogP contribution in [0.1, 0.15) is 20.3 Å². The zero-order valence-corrected chi connectivity index (χ0v) is 17.9. The van der Waals surface area contributed by atoms with Crippen LogP contribution in [-0.2, 0) is 4.43 Å². The molecule has 0 aromatic rings. The first-order valence-corrected chi connectivity index (χ1v) is 16.9. The van der Waals surface area contributed by atoms with Gasteiger partial charge in [0.25, 0.3) is 0 Å². The minimum atomic E-state index is -1.75. The molecule has 5 heteroatoms. The summed E-state index contributed by atoms with van der Waals surface area (Å²) in [4.78, 5) is 0. The van der Waals surface area contributed by atoms with Crippen molar-refractivity contribution in [3.8, 4) is 11.5 Å². The highest BCUT2D eigenvalue weighted by atomic mass is 28.4. The van der Waals surface area contributed by atoms with E-state index in [2.05, 4.69) is 88.1 Å². The molecular formula is C15H33NOSi3. The summed E-state index contributed by atoms with van der Waals surface area (Å²) in [6.07, 6.45) is 0.928. The number of rotatable bonds is 6. The average Bonchev–Trinajstić information content (AvgIpc) is 2.23. The average molecular weight is 328 g/mol. The Labute approximate surface area is 129 Å². The maximum Gasteiger partial charge on any atom is 0.195 e. The summed E-state index contributed by atoms with van der Waals surface area (Å²) in [5.41, 5.74) is 5.30. The highest BCUT2D eigenvalue weighted by molar-refractivity contribution is 6.97. The molecule has 0 aromatic heterocycles. The largest absolute Gasteiger partial charge is 0.402 e. The number of nitrogens with one attached hydrogen (secondary N) is 1. The van der Waals surface area contributed by atoms with Crippen molar-refractivity contribution < 1.29 is 4.43 Å². The molecule has 0 heterocycles. The van der Waals surface area contributed by atoms with Gasteiger partial charge in [-0.15, -0.1) is 12.1 Å². The molecule has 0 radical (unpaired) electrons. The summed E-state index contributed by atoms with van der Waals surface area (Å²) in [6.45, 7) is 24.0. The molecule has 0 bridgehead atoms. The van der Waals surface area contributed by atoms with Gasteiger partial charge in [-0.05, 0) is 46.1 Å². The molecule has 2 nitrogen and oxygen atoms in total. The summed E-state index contributed by atoms with van der Waals surface area (Å²) in [7, 11) is -4.85. The van der Waals surface area contributed by atoms with Crippen LogP contribution in [-0.4, -0.2) is 30.4 Å². The van der Waals surface area contributed by atoms with Crippen LogP contribution in [0.4, 0.5) is 0 Å². The van der Waals surface area contributed by atoms with Crippen molar-refractivity contribution in [2.45, 2.75) is 71.7 Å². The van der Waals surface area contributed by atoms with Gasteiger partial charge in [0, 0.05) is 0 Å². The molecule has 0 aromatic carbocycles. The number of hydrogen-bond acceptors (Lipinski definition) is 2. The maximum atomic E-state index is 6.28. The van der Waals surface area contributed by atoms with Crippen LogP contribution in [0.3, 0.4) is 0 Å². The first-order valence-electron chi connectivity index (χ1n) is 7.42. The minimum absolute atomic E-state index is 0.309. The molecule has 116 valence electrons. The van der Waals surface area contributed by atoms with Crippen LogP contribution < -0.4 is 4.65 Å². The second kappa shape index (κ2) is 6.75. The van der Waals surface area contributed by atoms with E-state index in [0.717, 1.165) is 6.42 Å². The third kappa shape index (κ3) is 8.22. The van der Waals surface area contributed by atoms with Gasteiger partial charge in [-0.2, -0.15) is 0 Å². The van der Waals surface area contributed by atoms with E-state index >= 15 is 0 Å². The van der Waals surface area contributed by atoms with Gasteiger partial charge in [-0.1, -0.05) is 31.6 Å². The highest BCUT2D eigenvalue weighted by Gasteiger charge is 2.31. The molecule has 20 heavy (non-hydrogen) atoms. The molecule has 0 aliphatic rings. The summed E-state index contributed by atoms with van der Waals surface area (Å²) in [6, 6.07) is 0. The van der Waals surface area contributed by atoms with Gasteiger partial charge in [-0.3, -0.25) is 0 Å². The Balaban J connectivity index is 5.12. The molecule has 1 N–H and O–H groups in total. The molecule has 0 fully saturated rings. The van der Waals surface area contributed by atoms with Gasteiger partial charge >= 0.3 is 0 Å². The second-order valence-electron chi connectivity index (χ2n) is 7.72. The van der Waals surface area contributed by atoms with Gasteiger partial charge in [0.15, 0.2) is 16.6 Å². The van der Waals surface area contributed by atoms with Crippen molar-refractivity contribution in [3.05, 3.63) is 12.3 Å². The van der Waals surface area contributed by atoms with Crippen LogP contribution in [0.5, 0.6) is 0 Å². The first-order chi connectivity index (χ1) is 8.74. The van der Waals surface area contributed by atoms with E-state index in [1.165, 1.54) is 0 Å². The Hall–Kier alpha value is -0.129. The van der Waals surface area contributed by atoms with Gasteiger partial charge in [0.2, 0.25) is 0 Å². The Morgan fingerprint density at radius 1 is 1.15 bits per heavy atom. The molecule has 1 unspecified atom stereocenters. The fourth-order valence-corrected chi connectivity index (χ4v) is 11.3. The van der Waals surface area contributed by atoms with Crippen molar-refractivity contribution in [3.63, 3.8) is 0 Å². The van der Waals surface area contributed by atoms with Crippen molar-refractivity contribution in [1.29, 1.82) is 0 Å². The van der Waals surface area contributed by atoms with E-state index < -0.39 is 24.8 Å². The standard InChI is InChI=1S/C15H33NOSi3/c1-11-15(3,17-18(4,5)6)13-14-20(9,10)16-19(7,8)12-2/h12,16H,2,11H2,1,3-10H3. The first kappa shape index (κ1) is 19.9. The predicted molar refractivity (Wildman–Crippen MR) is 99.2 cm³/mol. The highest BCUT2D eigenvalue weighted by Crippen LogP contribution is 2.21. The summed E-state index contributed by atoms with van der Waals surface area (Å²) < 4.78 is 10.1. The van der Waals surface area contributed by atoms with Gasteiger partial charge in [0.05, 0.1) is 0 Å². The van der Waals surface area contributed by atoms with E-state index in [9.17, 15) is 0 Å². The van der Waals surface area contributed by atoms with Crippen molar-refractivity contribution in [2.24, 2.45) is 0 Å². The van der Waals surface area contributed by atoms with E-state index in [4.69, 9.17) is 4.43 Å². The fourth-order valence-electron chi connectivity index (χ4n) is 2.04. The fraction of sp³-hybridized carbons (Fsp3) is 0.733. The molecular weight excluding hydrogens is 294 g/mol. The lowest BCUT2D eigenvalue weighted by Gasteiger charge is -2.32. The number of hydrogen-bond donors (Lipinski definition) is 1. The van der Waals surface area contributed by atoms with Crippen LogP contribution in [0.25, 0.3) is 0 Å². The van der Waals surface area contributed by atoms with Gasteiger partial charge in [-0.25, -0.2) is 0 Å². The molecule has 0 rings (SSSR count). The van der Waals surface area contributed by atoms with Crippen molar-refractivity contribution >= 4 is 24.8 Å². The third-order valence-electron chi connectivity index (χ3n) is 2.99. The van der Waals surface area contributed by atoms with Crippen LogP contribution >= 0.6 is 0 Å². The zero-order valence-electron chi connectivity index (χ0n) is 14.9. The molecule has 0 saturated carbocycles. The van der Waals surface area contributed by atoms with E-state index in [1.54, 1.807) is 0 Å². The Morgan fingerprint density at radius 3 is 2.00 bits per heavy atom. The van der Waals surface area contributed by atoms with Crippen LogP contribution in [0, 0.1) is 11.5 Å². The normalized spacial score (nSPS) is 16.1. The Morgan fingerprint density at radius 2 is 1.65 bits per heavy atom. The molecule has 1 atom stereocenters. The zero-order chi connectivity index (χ0) is 16.2. The molecule has 0 saturated heterocycles. The lowest BCUT2D eigenvalue weighted by Crippen LogP contribution is -2.58. The van der Waals surface area contributed by atoms with Crippen LogP contribution in [0.2, 0.25) is 45.8 Å². The second-order valence-corrected chi connectivity index (χ2v) is 20.5. The van der Waals surface area contributed by atoms with Crippen molar-refractivity contribution in [1.82, 2.24) is 4.65 Å². The van der Waals surface area contributed by atoms with Gasteiger partial charge in [0.1, 0.15) is 13.8 Å². The SMILES string of the molecule is C=C[Si](C)(C)N[Si](C)(C)C#CC(C)(CC)O[Si](C)(C)C. The van der Waals surface area contributed by atoms with Gasteiger partial charge < -0.3 is 9.07 Å².